The third kappa shape index (κ3) is 3.77. The Kier molecular flexibility index (Phi) is 4.72. The normalized spacial score (nSPS) is 19.0. The van der Waals surface area contributed by atoms with E-state index in [2.05, 4.69) is 19.9 Å². The molecule has 1 unspecified atom stereocenters. The molecule has 0 bridgehead atoms. The smallest absolute Gasteiger partial charge is 0.229 e. The molecule has 1 aliphatic rings. The van der Waals surface area contributed by atoms with E-state index in [1.165, 1.54) is 0 Å². The van der Waals surface area contributed by atoms with Crippen molar-refractivity contribution in [3.8, 4) is 0 Å². The fraction of sp³-hybridized carbons (Fsp3) is 0.769. The highest BCUT2D eigenvalue weighted by atomic mass is 16.3. The van der Waals surface area contributed by atoms with E-state index < -0.39 is 0 Å². The number of nitrogens with two attached hydrogens (primary N) is 1. The Hall–Kier alpha value is -1.47. The molecule has 1 fully saturated rings. The molecule has 20 heavy (non-hydrogen) atoms. The van der Waals surface area contributed by atoms with Gasteiger partial charge in [0, 0.05) is 14.1 Å². The molecule has 0 spiro atoms. The van der Waals surface area contributed by atoms with Crippen LogP contribution in [0.15, 0.2) is 0 Å². The average molecular weight is 280 g/mol. The van der Waals surface area contributed by atoms with Gasteiger partial charge in [-0.05, 0) is 38.8 Å². The Labute approximate surface area is 119 Å². The number of hydrogen-bond acceptors (Lipinski definition) is 7. The second kappa shape index (κ2) is 6.32. The van der Waals surface area contributed by atoms with E-state index in [-0.39, 0.29) is 12.1 Å². The summed E-state index contributed by atoms with van der Waals surface area (Å²) < 4.78 is 0. The highest BCUT2D eigenvalue weighted by molar-refractivity contribution is 5.32. The van der Waals surface area contributed by atoms with Crippen molar-refractivity contribution >= 4 is 11.9 Å². The zero-order valence-electron chi connectivity index (χ0n) is 12.5. The monoisotopic (exact) mass is 280 g/mol. The maximum Gasteiger partial charge on any atom is 0.229 e. The van der Waals surface area contributed by atoms with E-state index in [0.717, 1.165) is 25.9 Å². The Balaban J connectivity index is 1.97. The average Bonchev–Trinajstić information content (AvgIpc) is 2.38. The van der Waals surface area contributed by atoms with Crippen LogP contribution in [0.5, 0.6) is 0 Å². The summed E-state index contributed by atoms with van der Waals surface area (Å²) in [6.45, 7) is 4.47. The summed E-state index contributed by atoms with van der Waals surface area (Å²) in [5, 5.41) is 9.61. The standard InChI is InChI=1S/C13H24N6O/c1-9(20)10-4-6-19(7-5-10)8-11-15-12(14)17-13(16-11)18(2)3/h9-10,20H,4-8H2,1-3H3,(H2,14,15,16,17). The molecule has 3 N–H and O–H groups in total. The van der Waals surface area contributed by atoms with Crippen molar-refractivity contribution in [3.05, 3.63) is 5.82 Å². The number of aromatic nitrogens is 3. The summed E-state index contributed by atoms with van der Waals surface area (Å²) in [6, 6.07) is 0. The molecule has 7 nitrogen and oxygen atoms in total. The summed E-state index contributed by atoms with van der Waals surface area (Å²) >= 11 is 0. The first kappa shape index (κ1) is 14.9. The molecule has 0 amide bonds. The molecule has 2 heterocycles. The van der Waals surface area contributed by atoms with E-state index >= 15 is 0 Å². The molecular formula is C13H24N6O. The van der Waals surface area contributed by atoms with Crippen molar-refractivity contribution in [1.29, 1.82) is 0 Å². The predicted octanol–water partition coefficient (Wildman–Crippen LogP) is 0.113. The molecule has 2 rings (SSSR count). The summed E-state index contributed by atoms with van der Waals surface area (Å²) in [7, 11) is 3.76. The molecule has 1 aliphatic heterocycles. The van der Waals surface area contributed by atoms with Gasteiger partial charge in [0.25, 0.3) is 0 Å². The zero-order chi connectivity index (χ0) is 14.7. The van der Waals surface area contributed by atoms with Crippen LogP contribution in [0.4, 0.5) is 11.9 Å². The highest BCUT2D eigenvalue weighted by Crippen LogP contribution is 2.21. The second-order valence-electron chi connectivity index (χ2n) is 5.66. The van der Waals surface area contributed by atoms with Gasteiger partial charge in [-0.3, -0.25) is 4.90 Å². The molecule has 1 saturated heterocycles. The number of hydrogen-bond donors (Lipinski definition) is 2. The number of likely N-dealkylation sites (tertiary alicyclic amines) is 1. The minimum Gasteiger partial charge on any atom is -0.393 e. The number of anilines is 2. The van der Waals surface area contributed by atoms with Gasteiger partial charge in [-0.1, -0.05) is 0 Å². The lowest BCUT2D eigenvalue weighted by atomic mass is 9.92. The van der Waals surface area contributed by atoms with Gasteiger partial charge in [-0.15, -0.1) is 0 Å². The van der Waals surface area contributed by atoms with Crippen molar-refractivity contribution in [2.24, 2.45) is 5.92 Å². The van der Waals surface area contributed by atoms with Gasteiger partial charge in [0.1, 0.15) is 5.82 Å². The topological polar surface area (TPSA) is 91.4 Å². The fourth-order valence-corrected chi connectivity index (χ4v) is 2.49. The van der Waals surface area contributed by atoms with Gasteiger partial charge in [0.2, 0.25) is 11.9 Å². The maximum atomic E-state index is 9.61. The lowest BCUT2D eigenvalue weighted by molar-refractivity contribution is 0.0687. The van der Waals surface area contributed by atoms with Crippen molar-refractivity contribution in [2.75, 3.05) is 37.8 Å². The molecule has 112 valence electrons. The van der Waals surface area contributed by atoms with Gasteiger partial charge >= 0.3 is 0 Å². The van der Waals surface area contributed by atoms with E-state index in [1.54, 1.807) is 0 Å². The first-order valence-corrected chi connectivity index (χ1v) is 7.04. The number of piperidine rings is 1. The number of aliphatic hydroxyl groups excluding tert-OH is 1. The summed E-state index contributed by atoms with van der Waals surface area (Å²) in [5.41, 5.74) is 5.72. The molecule has 1 atom stereocenters. The number of nitrogens with zero attached hydrogens (tertiary/aromatic N) is 5. The van der Waals surface area contributed by atoms with Crippen LogP contribution >= 0.6 is 0 Å². The quantitative estimate of drug-likeness (QED) is 0.809. The van der Waals surface area contributed by atoms with Crippen molar-refractivity contribution in [1.82, 2.24) is 19.9 Å². The lowest BCUT2D eigenvalue weighted by Crippen LogP contribution is -2.37. The second-order valence-corrected chi connectivity index (χ2v) is 5.66. The molecule has 0 saturated carbocycles. The number of rotatable bonds is 4. The minimum absolute atomic E-state index is 0.217. The van der Waals surface area contributed by atoms with E-state index in [1.807, 2.05) is 25.9 Å². The summed E-state index contributed by atoms with van der Waals surface area (Å²) in [6.07, 6.45) is 1.81. The van der Waals surface area contributed by atoms with Crippen LogP contribution in [-0.2, 0) is 6.54 Å². The van der Waals surface area contributed by atoms with Crippen LogP contribution in [0, 0.1) is 5.92 Å². The summed E-state index contributed by atoms with van der Waals surface area (Å²) in [5.74, 6) is 1.97. The Bertz CT molecular complexity index is 442. The van der Waals surface area contributed by atoms with E-state index in [0.29, 0.717) is 24.2 Å². The minimum atomic E-state index is -0.217. The molecule has 0 radical (unpaired) electrons. The van der Waals surface area contributed by atoms with Gasteiger partial charge in [-0.25, -0.2) is 0 Å². The molecule has 0 aromatic carbocycles. The molecule has 7 heteroatoms. The predicted molar refractivity (Wildman–Crippen MR) is 78.2 cm³/mol. The lowest BCUT2D eigenvalue weighted by Gasteiger charge is -2.32. The van der Waals surface area contributed by atoms with Crippen molar-refractivity contribution in [2.45, 2.75) is 32.4 Å². The first-order chi connectivity index (χ1) is 9.45. The van der Waals surface area contributed by atoms with Crippen molar-refractivity contribution < 1.29 is 5.11 Å². The number of nitrogen functional groups attached to an aromatic ring is 1. The van der Waals surface area contributed by atoms with Gasteiger partial charge in [0.15, 0.2) is 0 Å². The first-order valence-electron chi connectivity index (χ1n) is 7.04. The van der Waals surface area contributed by atoms with Crippen LogP contribution in [0.1, 0.15) is 25.6 Å². The largest absolute Gasteiger partial charge is 0.393 e. The van der Waals surface area contributed by atoms with Crippen LogP contribution in [-0.4, -0.2) is 58.2 Å². The molecular weight excluding hydrogens is 256 g/mol. The third-order valence-corrected chi connectivity index (χ3v) is 3.77. The van der Waals surface area contributed by atoms with Crippen LogP contribution in [0.25, 0.3) is 0 Å². The van der Waals surface area contributed by atoms with Gasteiger partial charge < -0.3 is 15.7 Å². The molecule has 1 aromatic rings. The third-order valence-electron chi connectivity index (χ3n) is 3.77. The highest BCUT2D eigenvalue weighted by Gasteiger charge is 2.23. The van der Waals surface area contributed by atoms with Gasteiger partial charge in [-0.2, -0.15) is 15.0 Å². The SMILES string of the molecule is CC(O)C1CCN(Cc2nc(N)nc(N(C)C)n2)CC1. The van der Waals surface area contributed by atoms with Gasteiger partial charge in [0.05, 0.1) is 12.6 Å². The van der Waals surface area contributed by atoms with Crippen LogP contribution in [0.2, 0.25) is 0 Å². The van der Waals surface area contributed by atoms with Crippen molar-refractivity contribution in [3.63, 3.8) is 0 Å². The zero-order valence-corrected chi connectivity index (χ0v) is 12.5. The van der Waals surface area contributed by atoms with Crippen LogP contribution < -0.4 is 10.6 Å². The Morgan fingerprint density at radius 2 is 1.95 bits per heavy atom. The number of aliphatic hydroxyl groups is 1. The fourth-order valence-electron chi connectivity index (χ4n) is 2.49. The Morgan fingerprint density at radius 1 is 1.30 bits per heavy atom. The Morgan fingerprint density at radius 3 is 2.50 bits per heavy atom. The van der Waals surface area contributed by atoms with E-state index in [9.17, 15) is 5.11 Å². The molecule has 0 aliphatic carbocycles. The van der Waals surface area contributed by atoms with E-state index in [4.69, 9.17) is 5.73 Å². The maximum absolute atomic E-state index is 9.61. The molecule has 1 aromatic heterocycles. The van der Waals surface area contributed by atoms with Crippen LogP contribution in [0.3, 0.4) is 0 Å². The summed E-state index contributed by atoms with van der Waals surface area (Å²) in [4.78, 5) is 16.8.